The Morgan fingerprint density at radius 3 is 2.57 bits per heavy atom. The Hall–Kier alpha value is -2.99. The first-order chi connectivity index (χ1) is 17.0. The number of likely N-dealkylation sites (tertiary alicyclic amines) is 1. The van der Waals surface area contributed by atoms with Gasteiger partial charge in [-0.05, 0) is 87.2 Å². The van der Waals surface area contributed by atoms with Crippen LogP contribution in [-0.4, -0.2) is 55.2 Å². The SMILES string of the molecule is CCc1c(-c2ccc(OC)c(OC)c2)[nH]c2ccc(C(=O)NCCC3(CC)CCCN3CC)cc12. The Kier molecular flexibility index (Phi) is 7.70. The topological polar surface area (TPSA) is 66.6 Å². The summed E-state index contributed by atoms with van der Waals surface area (Å²) < 4.78 is 10.9. The van der Waals surface area contributed by atoms with Crippen LogP contribution in [0.25, 0.3) is 22.2 Å². The van der Waals surface area contributed by atoms with Crippen LogP contribution < -0.4 is 14.8 Å². The average Bonchev–Trinajstić information content (AvgIpc) is 3.48. The minimum absolute atomic E-state index is 0.00452. The molecule has 1 atom stereocenters. The first kappa shape index (κ1) is 25.1. The van der Waals surface area contributed by atoms with Gasteiger partial charge in [0.1, 0.15) is 0 Å². The molecule has 0 spiro atoms. The molecule has 1 unspecified atom stereocenters. The molecule has 1 saturated heterocycles. The van der Waals surface area contributed by atoms with Gasteiger partial charge in [-0.25, -0.2) is 0 Å². The van der Waals surface area contributed by atoms with E-state index in [0.29, 0.717) is 23.6 Å². The van der Waals surface area contributed by atoms with Crippen molar-refractivity contribution < 1.29 is 14.3 Å². The third kappa shape index (κ3) is 4.76. The van der Waals surface area contributed by atoms with Gasteiger partial charge in [0, 0.05) is 39.8 Å². The van der Waals surface area contributed by atoms with Crippen molar-refractivity contribution in [2.45, 2.75) is 58.4 Å². The molecule has 2 N–H and O–H groups in total. The fraction of sp³-hybridized carbons (Fsp3) is 0.483. The Bertz CT molecular complexity index is 1190. The van der Waals surface area contributed by atoms with E-state index < -0.39 is 0 Å². The summed E-state index contributed by atoms with van der Waals surface area (Å²) in [7, 11) is 3.29. The van der Waals surface area contributed by atoms with Gasteiger partial charge in [-0.2, -0.15) is 0 Å². The monoisotopic (exact) mass is 477 g/mol. The summed E-state index contributed by atoms with van der Waals surface area (Å²) in [6.45, 7) is 9.61. The largest absolute Gasteiger partial charge is 0.493 e. The molecule has 6 heteroatoms. The summed E-state index contributed by atoms with van der Waals surface area (Å²) in [6.07, 6.45) is 5.45. The number of rotatable bonds is 10. The predicted molar refractivity (Wildman–Crippen MR) is 143 cm³/mol. The van der Waals surface area contributed by atoms with Gasteiger partial charge in [-0.1, -0.05) is 20.8 Å². The fourth-order valence-electron chi connectivity index (χ4n) is 5.85. The molecule has 1 aromatic heterocycles. The molecule has 3 aromatic rings. The van der Waals surface area contributed by atoms with Gasteiger partial charge in [0.05, 0.1) is 14.2 Å². The second kappa shape index (κ2) is 10.7. The van der Waals surface area contributed by atoms with Crippen molar-refractivity contribution in [3.63, 3.8) is 0 Å². The molecule has 1 amide bonds. The lowest BCUT2D eigenvalue weighted by Crippen LogP contribution is -2.45. The fourth-order valence-corrected chi connectivity index (χ4v) is 5.85. The summed E-state index contributed by atoms with van der Waals surface area (Å²) in [5.74, 6) is 1.39. The van der Waals surface area contributed by atoms with Gasteiger partial charge in [-0.3, -0.25) is 9.69 Å². The highest BCUT2D eigenvalue weighted by Crippen LogP contribution is 2.37. The molecule has 4 rings (SSSR count). The molecule has 0 aliphatic carbocycles. The highest BCUT2D eigenvalue weighted by molar-refractivity contribution is 6.00. The lowest BCUT2D eigenvalue weighted by atomic mass is 9.89. The van der Waals surface area contributed by atoms with Crippen LogP contribution in [0.15, 0.2) is 36.4 Å². The normalized spacial score (nSPS) is 18.2. The number of hydrogen-bond acceptors (Lipinski definition) is 4. The van der Waals surface area contributed by atoms with Crippen molar-refractivity contribution in [3.8, 4) is 22.8 Å². The molecule has 1 aliphatic rings. The van der Waals surface area contributed by atoms with Crippen LogP contribution in [0, 0.1) is 0 Å². The van der Waals surface area contributed by atoms with E-state index in [9.17, 15) is 4.79 Å². The zero-order chi connectivity index (χ0) is 25.0. The zero-order valence-corrected chi connectivity index (χ0v) is 21.8. The molecule has 1 aliphatic heterocycles. The number of aromatic nitrogens is 1. The number of nitrogens with zero attached hydrogens (tertiary/aromatic N) is 1. The highest BCUT2D eigenvalue weighted by Gasteiger charge is 2.37. The number of methoxy groups -OCH3 is 2. The Morgan fingerprint density at radius 1 is 1.09 bits per heavy atom. The van der Waals surface area contributed by atoms with E-state index >= 15 is 0 Å². The second-order valence-corrected chi connectivity index (χ2v) is 9.43. The molecule has 6 nitrogen and oxygen atoms in total. The van der Waals surface area contributed by atoms with Crippen molar-refractivity contribution in [1.29, 1.82) is 0 Å². The molecular formula is C29H39N3O3. The lowest BCUT2D eigenvalue weighted by Gasteiger charge is -2.37. The smallest absolute Gasteiger partial charge is 0.251 e. The number of hydrogen-bond donors (Lipinski definition) is 2. The molecule has 2 heterocycles. The third-order valence-corrected chi connectivity index (χ3v) is 7.85. The number of carbonyl (C=O) groups excluding carboxylic acids is 1. The standard InChI is InChI=1S/C29H39N3O3/c1-6-22-23-18-21(28(33)30-16-15-29(7-2)14-9-17-32(29)8-3)10-12-24(23)31-27(22)20-11-13-25(34-4)26(19-20)35-5/h10-13,18-19,31H,6-9,14-17H2,1-5H3,(H,30,33). The van der Waals surface area contributed by atoms with E-state index in [4.69, 9.17) is 9.47 Å². The molecule has 0 saturated carbocycles. The molecule has 1 fully saturated rings. The van der Waals surface area contributed by atoms with Crippen LogP contribution in [0.5, 0.6) is 11.5 Å². The number of fused-ring (bicyclic) bond motifs is 1. The van der Waals surface area contributed by atoms with E-state index in [1.807, 2.05) is 36.4 Å². The van der Waals surface area contributed by atoms with Crippen LogP contribution in [0.4, 0.5) is 0 Å². The summed E-state index contributed by atoms with van der Waals surface area (Å²) in [5, 5.41) is 4.28. The van der Waals surface area contributed by atoms with Crippen LogP contribution in [0.3, 0.4) is 0 Å². The predicted octanol–water partition coefficient (Wildman–Crippen LogP) is 5.80. The first-order valence-electron chi connectivity index (χ1n) is 12.9. The third-order valence-electron chi connectivity index (χ3n) is 7.85. The van der Waals surface area contributed by atoms with Crippen molar-refractivity contribution in [2.24, 2.45) is 0 Å². The average molecular weight is 478 g/mol. The second-order valence-electron chi connectivity index (χ2n) is 9.43. The summed E-state index contributed by atoms with van der Waals surface area (Å²) in [4.78, 5) is 19.2. The maximum absolute atomic E-state index is 13.1. The van der Waals surface area contributed by atoms with E-state index in [1.54, 1.807) is 14.2 Å². The molecule has 0 radical (unpaired) electrons. The number of amides is 1. The summed E-state index contributed by atoms with van der Waals surface area (Å²) >= 11 is 0. The number of H-pyrrole nitrogens is 1. The van der Waals surface area contributed by atoms with Gasteiger partial charge in [0.2, 0.25) is 0 Å². The summed E-state index contributed by atoms with van der Waals surface area (Å²) in [5.41, 5.74) is 5.23. The van der Waals surface area contributed by atoms with Gasteiger partial charge in [-0.15, -0.1) is 0 Å². The van der Waals surface area contributed by atoms with Gasteiger partial charge in [0.25, 0.3) is 5.91 Å². The van der Waals surface area contributed by atoms with Crippen molar-refractivity contribution in [3.05, 3.63) is 47.5 Å². The first-order valence-corrected chi connectivity index (χ1v) is 12.9. The van der Waals surface area contributed by atoms with Gasteiger partial charge < -0.3 is 19.8 Å². The zero-order valence-electron chi connectivity index (χ0n) is 21.8. The molecule has 35 heavy (non-hydrogen) atoms. The number of nitrogens with one attached hydrogen (secondary N) is 2. The van der Waals surface area contributed by atoms with Crippen molar-refractivity contribution in [2.75, 3.05) is 33.9 Å². The number of carbonyl (C=O) groups is 1. The van der Waals surface area contributed by atoms with Crippen LogP contribution in [0.1, 0.15) is 62.4 Å². The van der Waals surface area contributed by atoms with Crippen LogP contribution >= 0.6 is 0 Å². The Labute approximate surface area is 209 Å². The minimum atomic E-state index is -0.00452. The lowest BCUT2D eigenvalue weighted by molar-refractivity contribution is 0.0928. The van der Waals surface area contributed by atoms with E-state index in [0.717, 1.165) is 48.0 Å². The van der Waals surface area contributed by atoms with E-state index in [-0.39, 0.29) is 11.4 Å². The number of aryl methyl sites for hydroxylation is 1. The molecular weight excluding hydrogens is 438 g/mol. The molecule has 188 valence electrons. The maximum atomic E-state index is 13.1. The number of benzene rings is 2. The molecule has 0 bridgehead atoms. The van der Waals surface area contributed by atoms with Crippen LogP contribution in [-0.2, 0) is 6.42 Å². The quantitative estimate of drug-likeness (QED) is 0.387. The Balaban J connectivity index is 1.55. The van der Waals surface area contributed by atoms with Crippen LogP contribution in [0.2, 0.25) is 0 Å². The highest BCUT2D eigenvalue weighted by atomic mass is 16.5. The minimum Gasteiger partial charge on any atom is -0.493 e. The van der Waals surface area contributed by atoms with Crippen molar-refractivity contribution in [1.82, 2.24) is 15.2 Å². The number of aromatic amines is 1. The maximum Gasteiger partial charge on any atom is 0.251 e. The van der Waals surface area contributed by atoms with Crippen molar-refractivity contribution >= 4 is 16.8 Å². The van der Waals surface area contributed by atoms with Gasteiger partial charge >= 0.3 is 0 Å². The van der Waals surface area contributed by atoms with Gasteiger partial charge in [0.15, 0.2) is 11.5 Å². The number of ether oxygens (including phenoxy) is 2. The molecule has 2 aromatic carbocycles. The summed E-state index contributed by atoms with van der Waals surface area (Å²) in [6, 6.07) is 11.9. The van der Waals surface area contributed by atoms with E-state index in [1.165, 1.54) is 24.9 Å². The van der Waals surface area contributed by atoms with E-state index in [2.05, 4.69) is 36.0 Å². The Morgan fingerprint density at radius 2 is 1.89 bits per heavy atom.